The van der Waals surface area contributed by atoms with Crippen molar-refractivity contribution < 1.29 is 19.1 Å². The summed E-state index contributed by atoms with van der Waals surface area (Å²) in [5.41, 5.74) is 1.89. The van der Waals surface area contributed by atoms with Crippen LogP contribution in [0.3, 0.4) is 0 Å². The number of nitrogens with zero attached hydrogens (tertiary/aromatic N) is 1. The van der Waals surface area contributed by atoms with E-state index in [1.54, 1.807) is 12.1 Å². The van der Waals surface area contributed by atoms with Crippen molar-refractivity contribution in [2.75, 3.05) is 37.7 Å². The van der Waals surface area contributed by atoms with Crippen LogP contribution in [-0.4, -0.2) is 59.6 Å². The zero-order valence-corrected chi connectivity index (χ0v) is 32.3. The van der Waals surface area contributed by atoms with E-state index in [4.69, 9.17) is 0 Å². The molecule has 0 spiro atoms. The van der Waals surface area contributed by atoms with Crippen LogP contribution in [0, 0.1) is 57.1 Å². The number of hydrogen-bond acceptors (Lipinski definition) is 4. The summed E-state index contributed by atoms with van der Waals surface area (Å²) in [6.45, 7) is 19.4. The molecule has 0 bridgehead atoms. The van der Waals surface area contributed by atoms with E-state index in [0.717, 1.165) is 44.3 Å². The number of hydrogen-bond donors (Lipinski definition) is 2. The van der Waals surface area contributed by atoms with Crippen molar-refractivity contribution in [3.05, 3.63) is 53.9 Å². The lowest BCUT2D eigenvalue weighted by Crippen LogP contribution is -2.62. The molecular weight excluding hydrogens is 644 g/mol. The number of amides is 1. The number of aromatic carboxylic acids is 1. The van der Waals surface area contributed by atoms with Crippen LogP contribution < -0.4 is 5.32 Å². The Labute approximate surface area is 305 Å². The number of carbonyl (C=O) groups excluding carboxylic acids is 1. The van der Waals surface area contributed by atoms with E-state index >= 15 is 0 Å². The predicted molar refractivity (Wildman–Crippen MR) is 205 cm³/mol. The smallest absolute Gasteiger partial charge is 0.338 e. The molecule has 5 aliphatic carbocycles. The topological polar surface area (TPSA) is 69.6 Å². The van der Waals surface area contributed by atoms with E-state index in [0.29, 0.717) is 35.5 Å². The van der Waals surface area contributed by atoms with E-state index in [2.05, 4.69) is 62.3 Å². The van der Waals surface area contributed by atoms with Gasteiger partial charge in [-0.2, -0.15) is 11.8 Å². The van der Waals surface area contributed by atoms with Gasteiger partial charge in [0.05, 0.1) is 11.0 Å². The lowest BCUT2D eigenvalue weighted by Gasteiger charge is -2.68. The van der Waals surface area contributed by atoms with E-state index in [-0.39, 0.29) is 27.2 Å². The summed E-state index contributed by atoms with van der Waals surface area (Å²) in [6, 6.07) is 4.68. The molecule has 4 saturated carbocycles. The van der Waals surface area contributed by atoms with Gasteiger partial charge in [-0.1, -0.05) is 52.3 Å². The molecule has 8 atom stereocenters. The first kappa shape index (κ1) is 37.6. The van der Waals surface area contributed by atoms with Crippen LogP contribution in [0.25, 0.3) is 5.57 Å². The lowest BCUT2D eigenvalue weighted by atomic mass is 9.36. The number of nitrogens with one attached hydrogen (secondary N) is 1. The number of fused-ring (bicyclic) bond motifs is 7. The molecule has 1 saturated heterocycles. The number of halogens is 1. The number of carboxylic acids is 1. The summed E-state index contributed by atoms with van der Waals surface area (Å²) < 4.78 is 14.8. The largest absolute Gasteiger partial charge is 0.478 e. The zero-order valence-electron chi connectivity index (χ0n) is 31.5. The normalized spacial score (nSPS) is 37.4. The SMILES string of the molecule is C=CC.CC1(C)C(c2ccc(C(=O)O)c(F)c2)=CCC2(C)C1CCC1(C)C3CCC4(C(=O)NCCCN5CCSCC5)CCCC4C3CCC12. The molecule has 5 nitrogen and oxygen atoms in total. The van der Waals surface area contributed by atoms with Gasteiger partial charge in [-0.25, -0.2) is 9.18 Å². The molecule has 1 aliphatic heterocycles. The summed E-state index contributed by atoms with van der Waals surface area (Å²) in [5, 5.41) is 12.8. The van der Waals surface area contributed by atoms with Crippen LogP contribution in [-0.2, 0) is 4.79 Å². The van der Waals surface area contributed by atoms with Crippen LogP contribution in [0.1, 0.15) is 121 Å². The number of benzene rings is 1. The Bertz CT molecular complexity index is 1470. The molecule has 1 amide bonds. The van der Waals surface area contributed by atoms with Crippen LogP contribution in [0.5, 0.6) is 0 Å². The minimum Gasteiger partial charge on any atom is -0.478 e. The van der Waals surface area contributed by atoms with Gasteiger partial charge in [0.25, 0.3) is 0 Å². The fourth-order valence-electron chi connectivity index (χ4n) is 13.1. The van der Waals surface area contributed by atoms with Crippen LogP contribution in [0.2, 0.25) is 0 Å². The molecule has 2 N–H and O–H groups in total. The zero-order chi connectivity index (χ0) is 35.9. The number of thioether (sulfide) groups is 1. The Hall–Kier alpha value is -2.12. The first-order valence-electron chi connectivity index (χ1n) is 19.7. The second kappa shape index (κ2) is 14.7. The van der Waals surface area contributed by atoms with Gasteiger partial charge < -0.3 is 15.3 Å². The number of allylic oxidation sites excluding steroid dienone is 3. The van der Waals surface area contributed by atoms with Crippen molar-refractivity contribution >= 4 is 29.2 Å². The molecule has 7 heteroatoms. The third-order valence-corrected chi connectivity index (χ3v) is 16.0. The molecule has 5 fully saturated rings. The van der Waals surface area contributed by atoms with Crippen molar-refractivity contribution in [1.82, 2.24) is 10.2 Å². The maximum atomic E-state index is 14.8. The summed E-state index contributed by atoms with van der Waals surface area (Å²) >= 11 is 2.05. The highest BCUT2D eigenvalue weighted by Crippen LogP contribution is 2.73. The fourth-order valence-corrected chi connectivity index (χ4v) is 14.0. The van der Waals surface area contributed by atoms with Gasteiger partial charge in [0.1, 0.15) is 5.82 Å². The van der Waals surface area contributed by atoms with Crippen molar-refractivity contribution in [2.24, 2.45) is 51.2 Å². The summed E-state index contributed by atoms with van der Waals surface area (Å²) in [6.07, 6.45) is 16.8. The minimum atomic E-state index is -1.22. The molecule has 1 aromatic carbocycles. The molecule has 7 rings (SSSR count). The van der Waals surface area contributed by atoms with Gasteiger partial charge in [0.15, 0.2) is 0 Å². The summed E-state index contributed by atoms with van der Waals surface area (Å²) in [5.74, 6) is 3.96. The molecule has 1 heterocycles. The molecule has 0 aromatic heterocycles. The average molecular weight is 707 g/mol. The maximum Gasteiger partial charge on any atom is 0.338 e. The van der Waals surface area contributed by atoms with Crippen LogP contribution >= 0.6 is 11.8 Å². The van der Waals surface area contributed by atoms with Crippen molar-refractivity contribution in [3.8, 4) is 0 Å². The third-order valence-electron chi connectivity index (χ3n) is 15.1. The molecule has 0 radical (unpaired) electrons. The van der Waals surface area contributed by atoms with Crippen molar-refractivity contribution in [3.63, 3.8) is 0 Å². The lowest BCUT2D eigenvalue weighted by molar-refractivity contribution is -0.181. The molecule has 8 unspecified atom stereocenters. The van der Waals surface area contributed by atoms with Gasteiger partial charge in [-0.3, -0.25) is 4.79 Å². The molecule has 276 valence electrons. The quantitative estimate of drug-likeness (QED) is 0.218. The Morgan fingerprint density at radius 2 is 1.74 bits per heavy atom. The third kappa shape index (κ3) is 6.43. The summed E-state index contributed by atoms with van der Waals surface area (Å²) in [7, 11) is 0. The van der Waals surface area contributed by atoms with Crippen molar-refractivity contribution in [1.29, 1.82) is 0 Å². The standard InChI is InChI=1S/C40H57FN2O3S.C3H6/c1-37(2)29(26-8-9-28(35(44)45)32(41)25-26)12-16-39(4)33(37)14-17-38(3)30-13-18-40(15-5-7-31(40)27(30)10-11-34(38)39)36(46)42-19-6-20-43-21-23-47-24-22-43;1-3-2/h8-9,12,25,27,30-31,33-34H,5-7,10-11,13-24H2,1-4H3,(H,42,46)(H,44,45);3H,1H2,2H3. The highest BCUT2D eigenvalue weighted by Gasteiger charge is 2.66. The molecule has 1 aromatic rings. The molecular formula is C43H63FN2O3S. The van der Waals surface area contributed by atoms with Gasteiger partial charge in [0, 0.05) is 31.1 Å². The molecule has 6 aliphatic rings. The Morgan fingerprint density at radius 1 is 1.00 bits per heavy atom. The second-order valence-corrected chi connectivity index (χ2v) is 18.9. The number of rotatable bonds is 7. The maximum absolute atomic E-state index is 14.8. The van der Waals surface area contributed by atoms with Crippen LogP contribution in [0.4, 0.5) is 4.39 Å². The van der Waals surface area contributed by atoms with Crippen LogP contribution in [0.15, 0.2) is 36.9 Å². The summed E-state index contributed by atoms with van der Waals surface area (Å²) in [4.78, 5) is 28.1. The number of carbonyl (C=O) groups is 2. The Balaban J connectivity index is 0.00000139. The first-order valence-corrected chi connectivity index (χ1v) is 20.9. The van der Waals surface area contributed by atoms with Gasteiger partial charge in [-0.15, -0.1) is 6.58 Å². The highest BCUT2D eigenvalue weighted by molar-refractivity contribution is 7.99. The fraction of sp³-hybridized carbons (Fsp3) is 0.721. The van der Waals surface area contributed by atoms with Gasteiger partial charge in [0.2, 0.25) is 5.91 Å². The van der Waals surface area contributed by atoms with E-state index in [1.165, 1.54) is 87.2 Å². The minimum absolute atomic E-state index is 0.138. The Morgan fingerprint density at radius 3 is 2.44 bits per heavy atom. The van der Waals surface area contributed by atoms with Gasteiger partial charge in [-0.05, 0) is 147 Å². The van der Waals surface area contributed by atoms with E-state index < -0.39 is 11.8 Å². The highest BCUT2D eigenvalue weighted by atomic mass is 32.2. The van der Waals surface area contributed by atoms with E-state index in [1.807, 2.05) is 6.92 Å². The van der Waals surface area contributed by atoms with Crippen molar-refractivity contribution in [2.45, 2.75) is 105 Å². The first-order chi connectivity index (χ1) is 23.8. The predicted octanol–water partition coefficient (Wildman–Crippen LogP) is 9.73. The second-order valence-electron chi connectivity index (χ2n) is 17.7. The number of carboxylic acid groups (broad SMARTS) is 1. The Kier molecular flexibility index (Phi) is 11.1. The average Bonchev–Trinajstić information content (AvgIpc) is 3.53. The van der Waals surface area contributed by atoms with Gasteiger partial charge >= 0.3 is 5.97 Å². The monoisotopic (exact) mass is 706 g/mol. The molecule has 50 heavy (non-hydrogen) atoms. The van der Waals surface area contributed by atoms with E-state index in [9.17, 15) is 19.1 Å².